The molecule has 114 valence electrons. The zero-order valence-electron chi connectivity index (χ0n) is 11.5. The first-order valence-electron chi connectivity index (χ1n) is 6.74. The van der Waals surface area contributed by atoms with Crippen LogP contribution in [-0.2, 0) is 6.42 Å². The van der Waals surface area contributed by atoms with Gasteiger partial charge in [0.05, 0.1) is 6.61 Å². The molecule has 0 aliphatic carbocycles. The summed E-state index contributed by atoms with van der Waals surface area (Å²) in [7, 11) is 0. The number of fused-ring (bicyclic) bond motifs is 1. The number of hydrogen-bond acceptors (Lipinski definition) is 3. The third kappa shape index (κ3) is 3.16. The van der Waals surface area contributed by atoms with E-state index in [-0.39, 0.29) is 11.7 Å². The lowest BCUT2D eigenvalue weighted by Gasteiger charge is -2.09. The van der Waals surface area contributed by atoms with Gasteiger partial charge in [-0.2, -0.15) is 8.78 Å². The maximum absolute atomic E-state index is 12.2. The van der Waals surface area contributed by atoms with Crippen molar-refractivity contribution in [3.05, 3.63) is 53.6 Å². The molecule has 2 aromatic carbocycles. The number of nitrogens with one attached hydrogen (secondary N) is 1. The van der Waals surface area contributed by atoms with Gasteiger partial charge in [0, 0.05) is 23.7 Å². The van der Waals surface area contributed by atoms with Crippen LogP contribution >= 0.6 is 0 Å². The van der Waals surface area contributed by atoms with Crippen molar-refractivity contribution in [2.24, 2.45) is 0 Å². The average Bonchev–Trinajstić information content (AvgIpc) is 2.94. The Hall–Kier alpha value is -2.63. The predicted molar refractivity (Wildman–Crippen MR) is 76.7 cm³/mol. The Labute approximate surface area is 125 Å². The van der Waals surface area contributed by atoms with Crippen LogP contribution in [-0.4, -0.2) is 19.1 Å². The van der Waals surface area contributed by atoms with E-state index in [2.05, 4.69) is 10.1 Å². The molecule has 0 saturated heterocycles. The lowest BCUT2D eigenvalue weighted by molar-refractivity contribution is -0.0497. The van der Waals surface area contributed by atoms with Crippen molar-refractivity contribution < 1.29 is 23.0 Å². The van der Waals surface area contributed by atoms with Gasteiger partial charge in [0.2, 0.25) is 0 Å². The van der Waals surface area contributed by atoms with Crippen molar-refractivity contribution in [3.8, 4) is 11.5 Å². The molecular formula is C16H13F2NO3. The number of ether oxygens (including phenoxy) is 2. The van der Waals surface area contributed by atoms with Crippen LogP contribution in [0.15, 0.2) is 42.5 Å². The van der Waals surface area contributed by atoms with E-state index < -0.39 is 6.61 Å². The van der Waals surface area contributed by atoms with Gasteiger partial charge in [-0.3, -0.25) is 4.79 Å². The highest BCUT2D eigenvalue weighted by Crippen LogP contribution is 2.26. The predicted octanol–water partition coefficient (Wildman–Crippen LogP) is 3.48. The number of amides is 1. The molecule has 0 bridgehead atoms. The fourth-order valence-corrected chi connectivity index (χ4v) is 2.28. The topological polar surface area (TPSA) is 47.6 Å². The summed E-state index contributed by atoms with van der Waals surface area (Å²) >= 11 is 0. The Balaban J connectivity index is 1.74. The molecule has 0 saturated carbocycles. The molecule has 1 aliphatic rings. The van der Waals surface area contributed by atoms with Crippen molar-refractivity contribution in [2.45, 2.75) is 13.0 Å². The monoisotopic (exact) mass is 305 g/mol. The van der Waals surface area contributed by atoms with Gasteiger partial charge in [-0.15, -0.1) is 0 Å². The van der Waals surface area contributed by atoms with Crippen LogP contribution in [0.25, 0.3) is 0 Å². The van der Waals surface area contributed by atoms with Crippen LogP contribution in [0.3, 0.4) is 0 Å². The van der Waals surface area contributed by atoms with Crippen molar-refractivity contribution >= 4 is 11.6 Å². The summed E-state index contributed by atoms with van der Waals surface area (Å²) in [5.41, 5.74) is 1.87. The van der Waals surface area contributed by atoms with Gasteiger partial charge >= 0.3 is 6.61 Å². The number of carbonyl (C=O) groups excluding carboxylic acids is 1. The molecular weight excluding hydrogens is 292 g/mol. The fraction of sp³-hybridized carbons (Fsp3) is 0.188. The molecule has 6 heteroatoms. The molecule has 1 heterocycles. The largest absolute Gasteiger partial charge is 0.493 e. The highest BCUT2D eigenvalue weighted by molar-refractivity contribution is 6.04. The summed E-state index contributed by atoms with van der Waals surface area (Å²) in [6.07, 6.45) is 0.772. The fourth-order valence-electron chi connectivity index (χ4n) is 2.28. The lowest BCUT2D eigenvalue weighted by Crippen LogP contribution is -2.12. The van der Waals surface area contributed by atoms with Crippen LogP contribution in [0.5, 0.6) is 11.5 Å². The SMILES string of the molecule is O=C(Nc1cccc(OC(F)F)c1)c1ccc2c(c1)CCO2. The molecule has 0 spiro atoms. The maximum Gasteiger partial charge on any atom is 0.387 e. The van der Waals surface area contributed by atoms with E-state index >= 15 is 0 Å². The quantitative estimate of drug-likeness (QED) is 0.941. The van der Waals surface area contributed by atoms with Crippen molar-refractivity contribution in [2.75, 3.05) is 11.9 Å². The third-order valence-electron chi connectivity index (χ3n) is 3.27. The highest BCUT2D eigenvalue weighted by atomic mass is 19.3. The Morgan fingerprint density at radius 1 is 1.23 bits per heavy atom. The summed E-state index contributed by atoms with van der Waals surface area (Å²) in [5, 5.41) is 2.66. The molecule has 0 unspecified atom stereocenters. The molecule has 1 amide bonds. The number of halogens is 2. The Morgan fingerprint density at radius 3 is 2.91 bits per heavy atom. The first kappa shape index (κ1) is 14.3. The smallest absolute Gasteiger partial charge is 0.387 e. The molecule has 3 rings (SSSR count). The minimum atomic E-state index is -2.90. The molecule has 0 radical (unpaired) electrons. The summed E-state index contributed by atoms with van der Waals surface area (Å²) < 4.78 is 34.1. The van der Waals surface area contributed by atoms with Crippen LogP contribution in [0.4, 0.5) is 14.5 Å². The van der Waals surface area contributed by atoms with E-state index in [1.54, 1.807) is 24.3 Å². The van der Waals surface area contributed by atoms with E-state index in [4.69, 9.17) is 4.74 Å². The number of rotatable bonds is 4. The minimum absolute atomic E-state index is 0.00449. The summed E-state index contributed by atoms with van der Waals surface area (Å²) in [4.78, 5) is 12.2. The zero-order valence-corrected chi connectivity index (χ0v) is 11.5. The van der Waals surface area contributed by atoms with Crippen LogP contribution < -0.4 is 14.8 Å². The molecule has 1 aliphatic heterocycles. The summed E-state index contributed by atoms with van der Waals surface area (Å²) in [5.74, 6) is 0.475. The second-order valence-corrected chi connectivity index (χ2v) is 4.78. The summed E-state index contributed by atoms with van der Waals surface area (Å²) in [6.45, 7) is -2.28. The first-order chi connectivity index (χ1) is 10.6. The van der Waals surface area contributed by atoms with Crippen LogP contribution in [0, 0.1) is 0 Å². The highest BCUT2D eigenvalue weighted by Gasteiger charge is 2.15. The van der Waals surface area contributed by atoms with E-state index in [0.717, 1.165) is 17.7 Å². The third-order valence-corrected chi connectivity index (χ3v) is 3.27. The van der Waals surface area contributed by atoms with E-state index in [1.165, 1.54) is 18.2 Å². The Bertz CT molecular complexity index is 704. The normalized spacial score (nSPS) is 12.7. The number of benzene rings is 2. The Kier molecular flexibility index (Phi) is 3.91. The average molecular weight is 305 g/mol. The maximum atomic E-state index is 12.2. The second kappa shape index (κ2) is 6.01. The van der Waals surface area contributed by atoms with E-state index in [0.29, 0.717) is 17.9 Å². The standard InChI is InChI=1S/C16H13F2NO3/c17-16(18)22-13-3-1-2-12(9-13)19-15(20)11-4-5-14-10(8-11)6-7-21-14/h1-5,8-9,16H,6-7H2,(H,19,20). The van der Waals surface area contributed by atoms with Gasteiger partial charge in [0.25, 0.3) is 5.91 Å². The number of anilines is 1. The molecule has 1 N–H and O–H groups in total. The number of carbonyl (C=O) groups is 1. The summed E-state index contributed by atoms with van der Waals surface area (Å²) in [6, 6.07) is 11.1. The van der Waals surface area contributed by atoms with Gasteiger partial charge in [-0.05, 0) is 35.9 Å². The van der Waals surface area contributed by atoms with Gasteiger partial charge in [-0.1, -0.05) is 6.07 Å². The van der Waals surface area contributed by atoms with Crippen LogP contribution in [0.1, 0.15) is 15.9 Å². The molecule has 2 aromatic rings. The molecule has 0 aromatic heterocycles. The van der Waals surface area contributed by atoms with Crippen molar-refractivity contribution in [1.82, 2.24) is 0 Å². The van der Waals surface area contributed by atoms with Crippen LogP contribution in [0.2, 0.25) is 0 Å². The van der Waals surface area contributed by atoms with E-state index in [1.807, 2.05) is 0 Å². The Morgan fingerprint density at radius 2 is 2.09 bits per heavy atom. The van der Waals surface area contributed by atoms with Gasteiger partial charge in [0.15, 0.2) is 0 Å². The van der Waals surface area contributed by atoms with Gasteiger partial charge in [0.1, 0.15) is 11.5 Å². The molecule has 4 nitrogen and oxygen atoms in total. The number of alkyl halides is 2. The minimum Gasteiger partial charge on any atom is -0.493 e. The van der Waals surface area contributed by atoms with Crippen molar-refractivity contribution in [3.63, 3.8) is 0 Å². The first-order valence-corrected chi connectivity index (χ1v) is 6.74. The van der Waals surface area contributed by atoms with E-state index in [9.17, 15) is 13.6 Å². The molecule has 0 fully saturated rings. The van der Waals surface area contributed by atoms with Crippen molar-refractivity contribution in [1.29, 1.82) is 0 Å². The molecule has 22 heavy (non-hydrogen) atoms. The lowest BCUT2D eigenvalue weighted by atomic mass is 10.1. The number of hydrogen-bond donors (Lipinski definition) is 1. The molecule has 0 atom stereocenters. The van der Waals surface area contributed by atoms with Gasteiger partial charge < -0.3 is 14.8 Å². The zero-order chi connectivity index (χ0) is 15.5. The van der Waals surface area contributed by atoms with Gasteiger partial charge in [-0.25, -0.2) is 0 Å². The second-order valence-electron chi connectivity index (χ2n) is 4.78.